The maximum absolute atomic E-state index is 11.9. The molecule has 1 fully saturated rings. The fraction of sp³-hybridized carbons (Fsp3) is 0.667. The molecule has 0 radical (unpaired) electrons. The van der Waals surface area contributed by atoms with E-state index >= 15 is 0 Å². The van der Waals surface area contributed by atoms with Crippen LogP contribution in [0.4, 0.5) is 0 Å². The molecule has 2 rings (SSSR count). The molecule has 1 atom stereocenters. The van der Waals surface area contributed by atoms with Crippen molar-refractivity contribution in [3.05, 3.63) is 0 Å². The molecule has 1 saturated heterocycles. The van der Waals surface area contributed by atoms with Crippen LogP contribution in [0.3, 0.4) is 0 Å². The Morgan fingerprint density at radius 2 is 2.24 bits per heavy atom. The molecule has 2 aliphatic heterocycles. The second-order valence-corrected chi connectivity index (χ2v) is 6.47. The first-order valence-corrected chi connectivity index (χ1v) is 7.04. The van der Waals surface area contributed by atoms with Gasteiger partial charge in [0.05, 0.1) is 17.9 Å². The minimum Gasteiger partial charge on any atom is -0.337 e. The van der Waals surface area contributed by atoms with Crippen LogP contribution in [0.25, 0.3) is 0 Å². The molecule has 0 aromatic heterocycles. The number of hydrogen-bond donors (Lipinski definition) is 1. The number of sulfone groups is 1. The van der Waals surface area contributed by atoms with Gasteiger partial charge in [-0.05, 0) is 6.42 Å². The standard InChI is InChI=1S/C9H13N3O4S/c1-12(6-2-3-17(15,16)5-6)9(14)7-4-8(13)11-10-7/h6H,2-5H2,1H3,(H,11,13). The number of nitrogens with one attached hydrogen (secondary N) is 1. The lowest BCUT2D eigenvalue weighted by molar-refractivity contribution is -0.125. The summed E-state index contributed by atoms with van der Waals surface area (Å²) >= 11 is 0. The molecule has 2 aliphatic rings. The topological polar surface area (TPSA) is 95.9 Å². The summed E-state index contributed by atoms with van der Waals surface area (Å²) in [6.45, 7) is 0. The van der Waals surface area contributed by atoms with Gasteiger partial charge in [0, 0.05) is 13.1 Å². The smallest absolute Gasteiger partial charge is 0.270 e. The van der Waals surface area contributed by atoms with Gasteiger partial charge in [0.1, 0.15) is 5.71 Å². The van der Waals surface area contributed by atoms with Crippen molar-refractivity contribution < 1.29 is 18.0 Å². The van der Waals surface area contributed by atoms with Crippen LogP contribution in [-0.4, -0.2) is 55.4 Å². The lowest BCUT2D eigenvalue weighted by atomic mass is 10.2. The first-order chi connectivity index (χ1) is 7.89. The Morgan fingerprint density at radius 1 is 1.53 bits per heavy atom. The van der Waals surface area contributed by atoms with Crippen molar-refractivity contribution in [2.75, 3.05) is 18.6 Å². The number of carbonyl (C=O) groups is 2. The van der Waals surface area contributed by atoms with Crippen LogP contribution in [0.5, 0.6) is 0 Å². The van der Waals surface area contributed by atoms with E-state index in [0.717, 1.165) is 0 Å². The summed E-state index contributed by atoms with van der Waals surface area (Å²) in [6.07, 6.45) is 0.405. The number of hydrazone groups is 1. The molecule has 1 N–H and O–H groups in total. The third kappa shape index (κ3) is 2.46. The van der Waals surface area contributed by atoms with Crippen LogP contribution in [0.1, 0.15) is 12.8 Å². The fourth-order valence-corrected chi connectivity index (χ4v) is 3.71. The zero-order chi connectivity index (χ0) is 12.6. The van der Waals surface area contributed by atoms with Crippen molar-refractivity contribution in [3.63, 3.8) is 0 Å². The van der Waals surface area contributed by atoms with E-state index in [2.05, 4.69) is 10.5 Å². The number of nitrogens with zero attached hydrogens (tertiary/aromatic N) is 2. The highest BCUT2D eigenvalue weighted by molar-refractivity contribution is 7.91. The van der Waals surface area contributed by atoms with Crippen LogP contribution in [0.15, 0.2) is 5.10 Å². The Hall–Kier alpha value is -1.44. The third-order valence-electron chi connectivity index (χ3n) is 2.97. The van der Waals surface area contributed by atoms with Gasteiger partial charge in [0.15, 0.2) is 9.84 Å². The van der Waals surface area contributed by atoms with Crippen molar-refractivity contribution in [1.82, 2.24) is 10.3 Å². The molecule has 0 aliphatic carbocycles. The maximum atomic E-state index is 11.9. The van der Waals surface area contributed by atoms with Crippen LogP contribution < -0.4 is 5.43 Å². The van der Waals surface area contributed by atoms with Crippen molar-refractivity contribution in [2.45, 2.75) is 18.9 Å². The van der Waals surface area contributed by atoms with E-state index in [1.807, 2.05) is 0 Å². The van der Waals surface area contributed by atoms with Gasteiger partial charge in [-0.1, -0.05) is 0 Å². The van der Waals surface area contributed by atoms with E-state index in [0.29, 0.717) is 6.42 Å². The SMILES string of the molecule is CN(C(=O)C1=NNC(=O)C1)C1CCS(=O)(=O)C1. The Labute approximate surface area is 98.8 Å². The van der Waals surface area contributed by atoms with Crippen molar-refractivity contribution in [1.29, 1.82) is 0 Å². The molecule has 2 heterocycles. The second-order valence-electron chi connectivity index (χ2n) is 4.24. The van der Waals surface area contributed by atoms with Gasteiger partial charge in [-0.3, -0.25) is 9.59 Å². The number of hydrogen-bond acceptors (Lipinski definition) is 5. The molecule has 94 valence electrons. The average molecular weight is 259 g/mol. The summed E-state index contributed by atoms with van der Waals surface area (Å²) in [5.41, 5.74) is 2.34. The van der Waals surface area contributed by atoms with E-state index in [9.17, 15) is 18.0 Å². The fourth-order valence-electron chi connectivity index (χ4n) is 1.93. The molecule has 0 spiro atoms. The summed E-state index contributed by atoms with van der Waals surface area (Å²) in [6, 6.07) is -0.314. The van der Waals surface area contributed by atoms with E-state index in [1.54, 1.807) is 7.05 Å². The lowest BCUT2D eigenvalue weighted by Gasteiger charge is -2.22. The van der Waals surface area contributed by atoms with Crippen LogP contribution in [-0.2, 0) is 19.4 Å². The van der Waals surface area contributed by atoms with Gasteiger partial charge in [0.2, 0.25) is 5.91 Å². The van der Waals surface area contributed by atoms with E-state index in [-0.39, 0.29) is 41.5 Å². The summed E-state index contributed by atoms with van der Waals surface area (Å²) in [4.78, 5) is 24.2. The average Bonchev–Trinajstić information content (AvgIpc) is 2.82. The Kier molecular flexibility index (Phi) is 2.90. The molecule has 0 aromatic carbocycles. The van der Waals surface area contributed by atoms with Gasteiger partial charge in [-0.15, -0.1) is 0 Å². The van der Waals surface area contributed by atoms with Crippen LogP contribution in [0, 0.1) is 0 Å². The summed E-state index contributed by atoms with van der Waals surface area (Å²) in [7, 11) is -1.48. The zero-order valence-electron chi connectivity index (χ0n) is 9.34. The zero-order valence-corrected chi connectivity index (χ0v) is 10.2. The first-order valence-electron chi connectivity index (χ1n) is 5.22. The summed E-state index contributed by atoms with van der Waals surface area (Å²) < 4.78 is 22.6. The number of rotatable bonds is 2. The predicted molar refractivity (Wildman–Crippen MR) is 60.0 cm³/mol. The molecular formula is C9H13N3O4S. The first kappa shape index (κ1) is 12.0. The van der Waals surface area contributed by atoms with E-state index in [4.69, 9.17) is 0 Å². The molecule has 8 heteroatoms. The summed E-state index contributed by atoms with van der Waals surface area (Å²) in [5, 5.41) is 3.62. The minimum absolute atomic E-state index is 0.0100. The summed E-state index contributed by atoms with van der Waals surface area (Å²) in [5.74, 6) is -0.603. The van der Waals surface area contributed by atoms with E-state index in [1.165, 1.54) is 4.90 Å². The van der Waals surface area contributed by atoms with E-state index < -0.39 is 9.84 Å². The van der Waals surface area contributed by atoms with Crippen molar-refractivity contribution >= 4 is 27.4 Å². The molecule has 2 amide bonds. The molecule has 0 aromatic rings. The van der Waals surface area contributed by atoms with Gasteiger partial charge >= 0.3 is 0 Å². The van der Waals surface area contributed by atoms with Gasteiger partial charge in [-0.25, -0.2) is 13.8 Å². The van der Waals surface area contributed by atoms with Crippen molar-refractivity contribution in [3.8, 4) is 0 Å². The molecule has 17 heavy (non-hydrogen) atoms. The Bertz CT molecular complexity index is 496. The third-order valence-corrected chi connectivity index (χ3v) is 4.72. The number of carbonyl (C=O) groups excluding carboxylic acids is 2. The lowest BCUT2D eigenvalue weighted by Crippen LogP contribution is -2.41. The molecular weight excluding hydrogens is 246 g/mol. The quantitative estimate of drug-likeness (QED) is 0.653. The molecule has 7 nitrogen and oxygen atoms in total. The highest BCUT2D eigenvalue weighted by Crippen LogP contribution is 2.17. The van der Waals surface area contributed by atoms with Crippen LogP contribution in [0.2, 0.25) is 0 Å². The minimum atomic E-state index is -3.02. The molecule has 0 bridgehead atoms. The van der Waals surface area contributed by atoms with Gasteiger partial charge in [0.25, 0.3) is 5.91 Å². The van der Waals surface area contributed by atoms with Crippen LogP contribution >= 0.6 is 0 Å². The Morgan fingerprint density at radius 3 is 2.71 bits per heavy atom. The maximum Gasteiger partial charge on any atom is 0.270 e. The van der Waals surface area contributed by atoms with Gasteiger partial charge < -0.3 is 4.90 Å². The second kappa shape index (κ2) is 4.10. The van der Waals surface area contributed by atoms with Gasteiger partial charge in [-0.2, -0.15) is 5.10 Å². The predicted octanol–water partition coefficient (Wildman–Crippen LogP) is -1.49. The highest BCUT2D eigenvalue weighted by Gasteiger charge is 2.35. The highest BCUT2D eigenvalue weighted by atomic mass is 32.2. The number of amides is 2. The Balaban J connectivity index is 2.04. The largest absolute Gasteiger partial charge is 0.337 e. The monoisotopic (exact) mass is 259 g/mol. The normalized spacial score (nSPS) is 26.5. The molecule has 0 saturated carbocycles. The molecule has 1 unspecified atom stereocenters. The van der Waals surface area contributed by atoms with Crippen molar-refractivity contribution in [2.24, 2.45) is 5.10 Å².